The Balaban J connectivity index is 1.36. The van der Waals surface area contributed by atoms with Crippen molar-refractivity contribution in [3.05, 3.63) is 94.5 Å². The quantitative estimate of drug-likeness (QED) is 0.347. The van der Waals surface area contributed by atoms with Crippen molar-refractivity contribution in [1.82, 2.24) is 24.6 Å². The van der Waals surface area contributed by atoms with E-state index in [0.717, 1.165) is 42.6 Å². The van der Waals surface area contributed by atoms with Crippen molar-refractivity contribution in [3.63, 3.8) is 0 Å². The molecule has 0 radical (unpaired) electrons. The molecule has 0 aliphatic carbocycles. The van der Waals surface area contributed by atoms with Gasteiger partial charge in [0, 0.05) is 17.2 Å². The van der Waals surface area contributed by atoms with Crippen molar-refractivity contribution < 1.29 is 4.74 Å². The van der Waals surface area contributed by atoms with E-state index in [1.165, 1.54) is 10.7 Å². The Morgan fingerprint density at radius 2 is 1.77 bits per heavy atom. The number of hydrogen-bond acceptors (Lipinski definition) is 7. The minimum absolute atomic E-state index is 0.215. The summed E-state index contributed by atoms with van der Waals surface area (Å²) in [5.41, 5.74) is 2.70. The van der Waals surface area contributed by atoms with Crippen LogP contribution in [0.5, 0.6) is 5.75 Å². The maximum atomic E-state index is 12.9. The number of hydrogen-bond donors (Lipinski definition) is 0. The summed E-state index contributed by atoms with van der Waals surface area (Å²) in [6.07, 6.45) is 5.73. The van der Waals surface area contributed by atoms with E-state index < -0.39 is 5.44 Å². The summed E-state index contributed by atoms with van der Waals surface area (Å²) < 4.78 is 7.46. The molecule has 0 spiro atoms. The molecule has 2 aromatic heterocycles. The Bertz CT molecular complexity index is 1550. The fraction of sp³-hybridized carbons (Fsp3) is 0.300. The zero-order valence-electron chi connectivity index (χ0n) is 22.5. The van der Waals surface area contributed by atoms with Crippen molar-refractivity contribution in [2.75, 3.05) is 26.7 Å². The van der Waals surface area contributed by atoms with Gasteiger partial charge in [-0.1, -0.05) is 30.3 Å². The van der Waals surface area contributed by atoms with Crippen LogP contribution in [0.4, 0.5) is 0 Å². The number of nitrogens with zero attached hydrogens (tertiary/aromatic N) is 6. The van der Waals surface area contributed by atoms with Crippen molar-refractivity contribution in [1.29, 1.82) is 5.26 Å². The third-order valence-corrected chi connectivity index (χ3v) is 7.40. The molecule has 5 rings (SSSR count). The molecule has 1 atom stereocenters. The van der Waals surface area contributed by atoms with Gasteiger partial charge in [0.25, 0.3) is 5.56 Å². The Morgan fingerprint density at radius 3 is 2.51 bits per heavy atom. The lowest BCUT2D eigenvalue weighted by atomic mass is 9.73. The maximum absolute atomic E-state index is 12.9. The molecule has 1 saturated heterocycles. The first-order valence-corrected chi connectivity index (χ1v) is 13.2. The highest BCUT2D eigenvalue weighted by atomic mass is 16.5. The molecule has 9 heteroatoms. The van der Waals surface area contributed by atoms with Crippen molar-refractivity contribution >= 4 is 7.85 Å². The van der Waals surface area contributed by atoms with Gasteiger partial charge in [-0.15, -0.1) is 0 Å². The average Bonchev–Trinajstić information content (AvgIpc) is 2.97. The van der Waals surface area contributed by atoms with Crippen LogP contribution in [0.3, 0.4) is 0 Å². The second-order valence-electron chi connectivity index (χ2n) is 10.6. The number of likely N-dealkylation sites (tertiary alicyclic amines) is 1. The van der Waals surface area contributed by atoms with Crippen LogP contribution in [0, 0.1) is 17.2 Å². The van der Waals surface area contributed by atoms with E-state index >= 15 is 0 Å². The average molecular weight is 518 g/mol. The van der Waals surface area contributed by atoms with Crippen LogP contribution in [0.1, 0.15) is 30.9 Å². The van der Waals surface area contributed by atoms with Crippen LogP contribution < -0.4 is 10.3 Å². The molecule has 1 aliphatic heterocycles. The largest absolute Gasteiger partial charge is 0.490 e. The summed E-state index contributed by atoms with van der Waals surface area (Å²) in [5, 5.41) is 14.0. The van der Waals surface area contributed by atoms with E-state index in [2.05, 4.69) is 33.1 Å². The molecule has 196 valence electrons. The molecule has 4 aromatic rings. The fourth-order valence-corrected chi connectivity index (χ4v) is 4.86. The maximum Gasteiger partial charge on any atom is 0.266 e. The molecular weight excluding hydrogens is 487 g/mol. The van der Waals surface area contributed by atoms with Crippen LogP contribution in [0.25, 0.3) is 22.6 Å². The molecule has 39 heavy (non-hydrogen) atoms. The Morgan fingerprint density at radius 1 is 1.05 bits per heavy atom. The zero-order valence-corrected chi connectivity index (χ0v) is 22.5. The molecule has 0 N–H and O–H groups in total. The molecule has 0 saturated carbocycles. The molecule has 8 nitrogen and oxygen atoms in total. The molecule has 0 unspecified atom stereocenters. The molecule has 1 aliphatic rings. The van der Waals surface area contributed by atoms with Gasteiger partial charge >= 0.3 is 0 Å². The van der Waals surface area contributed by atoms with Gasteiger partial charge in [-0.05, 0) is 75.6 Å². The summed E-state index contributed by atoms with van der Waals surface area (Å²) >= 11 is 0. The van der Waals surface area contributed by atoms with E-state index in [1.54, 1.807) is 30.6 Å². The monoisotopic (exact) mass is 518 g/mol. The van der Waals surface area contributed by atoms with E-state index in [9.17, 15) is 10.1 Å². The van der Waals surface area contributed by atoms with Crippen LogP contribution in [0.15, 0.2) is 77.9 Å². The lowest BCUT2D eigenvalue weighted by Gasteiger charge is -2.28. The summed E-state index contributed by atoms with van der Waals surface area (Å²) in [7, 11) is 4.11. The number of benzene rings is 2. The number of piperidine rings is 1. The predicted molar refractivity (Wildman–Crippen MR) is 153 cm³/mol. The summed E-state index contributed by atoms with van der Waals surface area (Å²) in [6.45, 7) is 4.85. The number of nitriles is 1. The third-order valence-electron chi connectivity index (χ3n) is 7.40. The first-order chi connectivity index (χ1) is 18.8. The number of rotatable bonds is 7. The molecule has 2 aromatic carbocycles. The zero-order chi connectivity index (χ0) is 27.4. The second-order valence-corrected chi connectivity index (χ2v) is 10.6. The Labute approximate surface area is 229 Å². The van der Waals surface area contributed by atoms with Crippen LogP contribution >= 0.6 is 0 Å². The van der Waals surface area contributed by atoms with Gasteiger partial charge in [-0.2, -0.15) is 10.4 Å². The van der Waals surface area contributed by atoms with Gasteiger partial charge in [0.2, 0.25) is 0 Å². The van der Waals surface area contributed by atoms with Crippen molar-refractivity contribution in [3.8, 4) is 34.5 Å². The van der Waals surface area contributed by atoms with Crippen LogP contribution in [-0.4, -0.2) is 59.2 Å². The first-order valence-electron chi connectivity index (χ1n) is 13.2. The lowest BCUT2D eigenvalue weighted by molar-refractivity contribution is 0.159. The van der Waals surface area contributed by atoms with Gasteiger partial charge in [0.1, 0.15) is 7.85 Å². The number of aromatic nitrogens is 4. The highest BCUT2D eigenvalue weighted by Gasteiger charge is 2.26. The van der Waals surface area contributed by atoms with Crippen molar-refractivity contribution in [2.45, 2.75) is 25.2 Å². The standard InChI is InChI=1S/C30H31BN6O2/c1-30(31,37-28(38)10-9-27(35-37)23-6-3-5-22(15-23)17-32)25-8-4-7-24(16-25)29-33-18-26(19-34-29)39-20-21-11-13-36(2)14-12-21/h3-10,15-16,18-19,21H,11-14,20,31H2,1-2H3/t30-/m1/s1. The first kappa shape index (κ1) is 26.3. The molecule has 3 heterocycles. The highest BCUT2D eigenvalue weighted by molar-refractivity contribution is 6.15. The SMILES string of the molecule is B[C@@](C)(c1cccc(-c2ncc(OCC3CCN(C)CC3)cn2)c1)n1nc(-c2cccc(C#N)c2)ccc1=O. The normalized spacial score (nSPS) is 15.8. The van der Waals surface area contributed by atoms with Crippen LogP contribution in [0.2, 0.25) is 0 Å². The van der Waals surface area contributed by atoms with E-state index in [1.807, 2.05) is 51.2 Å². The van der Waals surface area contributed by atoms with Gasteiger partial charge in [0.15, 0.2) is 11.6 Å². The van der Waals surface area contributed by atoms with Gasteiger partial charge < -0.3 is 9.64 Å². The molecule has 0 amide bonds. The Kier molecular flexibility index (Phi) is 7.57. The number of ether oxygens (including phenoxy) is 1. The molecule has 1 fully saturated rings. The lowest BCUT2D eigenvalue weighted by Crippen LogP contribution is -2.41. The summed E-state index contributed by atoms with van der Waals surface area (Å²) in [6, 6.07) is 20.4. The van der Waals surface area contributed by atoms with Gasteiger partial charge in [0.05, 0.1) is 41.8 Å². The van der Waals surface area contributed by atoms with Crippen LogP contribution in [-0.2, 0) is 5.44 Å². The minimum atomic E-state index is -0.757. The van der Waals surface area contributed by atoms with Gasteiger partial charge in [-0.3, -0.25) is 4.79 Å². The molecule has 0 bridgehead atoms. The summed E-state index contributed by atoms with van der Waals surface area (Å²) in [5.74, 6) is 1.81. The predicted octanol–water partition coefficient (Wildman–Crippen LogP) is 3.31. The van der Waals surface area contributed by atoms with E-state index in [0.29, 0.717) is 35.4 Å². The van der Waals surface area contributed by atoms with Crippen molar-refractivity contribution in [2.24, 2.45) is 5.92 Å². The Hall–Kier alpha value is -4.29. The smallest absolute Gasteiger partial charge is 0.266 e. The van der Waals surface area contributed by atoms with Gasteiger partial charge in [-0.25, -0.2) is 14.6 Å². The highest BCUT2D eigenvalue weighted by Crippen LogP contribution is 2.27. The second kappa shape index (κ2) is 11.2. The molecular formula is C30H31BN6O2. The fourth-order valence-electron chi connectivity index (χ4n) is 4.86. The third kappa shape index (κ3) is 5.92. The topological polar surface area (TPSA) is 96.9 Å². The minimum Gasteiger partial charge on any atom is -0.490 e. The van der Waals surface area contributed by atoms with E-state index in [-0.39, 0.29) is 5.56 Å². The summed E-state index contributed by atoms with van der Waals surface area (Å²) in [4.78, 5) is 24.4. The van der Waals surface area contributed by atoms with E-state index in [4.69, 9.17) is 4.74 Å².